The summed E-state index contributed by atoms with van der Waals surface area (Å²) in [5.41, 5.74) is 1.10. The number of hydrogen-bond donors (Lipinski definition) is 1. The molecule has 3 heterocycles. The molecule has 1 aliphatic heterocycles. The Balaban J connectivity index is 1.79. The van der Waals surface area contributed by atoms with Crippen LogP contribution >= 0.6 is 0 Å². The van der Waals surface area contributed by atoms with Crippen molar-refractivity contribution in [2.75, 3.05) is 28.3 Å². The van der Waals surface area contributed by atoms with Gasteiger partial charge in [0.15, 0.2) is 15.7 Å². The predicted molar refractivity (Wildman–Crippen MR) is 93.5 cm³/mol. The first-order valence-corrected chi connectivity index (χ1v) is 9.87. The molecule has 0 spiro atoms. The number of nitrogens with one attached hydrogen (secondary N) is 1. The molecule has 1 saturated heterocycles. The topological polar surface area (TPSA) is 105 Å². The van der Waals surface area contributed by atoms with Gasteiger partial charge in [-0.3, -0.25) is 9.78 Å². The van der Waals surface area contributed by atoms with Gasteiger partial charge in [0.2, 0.25) is 0 Å². The van der Waals surface area contributed by atoms with E-state index in [4.69, 9.17) is 4.52 Å². The first-order chi connectivity index (χ1) is 11.9. The fraction of sp³-hybridized carbons (Fsp3) is 0.438. The van der Waals surface area contributed by atoms with Gasteiger partial charge >= 0.3 is 0 Å². The average molecular weight is 364 g/mol. The molecule has 1 unspecified atom stereocenters. The van der Waals surface area contributed by atoms with Crippen LogP contribution in [0.25, 0.3) is 0 Å². The van der Waals surface area contributed by atoms with Crippen molar-refractivity contribution < 1.29 is 17.7 Å². The maximum atomic E-state index is 12.4. The second kappa shape index (κ2) is 6.83. The Hall–Kier alpha value is -2.42. The minimum absolute atomic E-state index is 0.0895. The summed E-state index contributed by atoms with van der Waals surface area (Å²) in [6.07, 6.45) is 3.70. The van der Waals surface area contributed by atoms with Gasteiger partial charge in [0.05, 0.1) is 29.0 Å². The maximum absolute atomic E-state index is 12.4. The van der Waals surface area contributed by atoms with E-state index in [1.165, 1.54) is 6.20 Å². The zero-order chi connectivity index (χ0) is 18.0. The van der Waals surface area contributed by atoms with Crippen LogP contribution in [0, 0.1) is 6.92 Å². The Morgan fingerprint density at radius 2 is 2.20 bits per heavy atom. The summed E-state index contributed by atoms with van der Waals surface area (Å²) < 4.78 is 28.4. The van der Waals surface area contributed by atoms with Crippen molar-refractivity contribution >= 4 is 27.2 Å². The van der Waals surface area contributed by atoms with E-state index in [9.17, 15) is 13.2 Å². The van der Waals surface area contributed by atoms with E-state index >= 15 is 0 Å². The fourth-order valence-electron chi connectivity index (χ4n) is 3.00. The van der Waals surface area contributed by atoms with Gasteiger partial charge in [-0.1, -0.05) is 5.16 Å². The number of hydrogen-bond acceptors (Lipinski definition) is 7. The van der Waals surface area contributed by atoms with Crippen LogP contribution in [-0.2, 0) is 9.84 Å². The van der Waals surface area contributed by atoms with E-state index in [1.54, 1.807) is 25.3 Å². The summed E-state index contributed by atoms with van der Waals surface area (Å²) in [6, 6.07) is 3.24. The van der Waals surface area contributed by atoms with Gasteiger partial charge in [-0.05, 0) is 26.3 Å². The fourth-order valence-corrected chi connectivity index (χ4v) is 4.73. The summed E-state index contributed by atoms with van der Waals surface area (Å²) in [6.45, 7) is 4.32. The summed E-state index contributed by atoms with van der Waals surface area (Å²) in [4.78, 5) is 18.5. The summed E-state index contributed by atoms with van der Waals surface area (Å²) in [5, 5.41) is 6.38. The van der Waals surface area contributed by atoms with Crippen molar-refractivity contribution in [3.05, 3.63) is 35.9 Å². The van der Waals surface area contributed by atoms with E-state index < -0.39 is 9.84 Å². The third-order valence-corrected chi connectivity index (χ3v) is 5.93. The minimum Gasteiger partial charge on any atom is -0.367 e. The maximum Gasteiger partial charge on any atom is 0.258 e. The number of nitrogens with zero attached hydrogens (tertiary/aromatic N) is 3. The molecule has 1 atom stereocenters. The van der Waals surface area contributed by atoms with Crippen LogP contribution in [0.3, 0.4) is 0 Å². The van der Waals surface area contributed by atoms with Crippen molar-refractivity contribution in [1.82, 2.24) is 10.1 Å². The number of aryl methyl sites for hydroxylation is 1. The first kappa shape index (κ1) is 17.4. The highest BCUT2D eigenvalue weighted by molar-refractivity contribution is 7.91. The number of aromatic nitrogens is 2. The van der Waals surface area contributed by atoms with E-state index in [1.807, 2.05) is 11.8 Å². The molecule has 2 aromatic rings. The molecule has 1 fully saturated rings. The van der Waals surface area contributed by atoms with Crippen LogP contribution in [0.4, 0.5) is 11.5 Å². The van der Waals surface area contributed by atoms with E-state index in [0.29, 0.717) is 30.1 Å². The zero-order valence-electron chi connectivity index (χ0n) is 14.1. The number of carbonyl (C=O) groups excluding carboxylic acids is 1. The number of sulfone groups is 1. The highest BCUT2D eigenvalue weighted by Crippen LogP contribution is 2.24. The molecule has 9 heteroatoms. The lowest BCUT2D eigenvalue weighted by atomic mass is 10.1. The third-order valence-electron chi connectivity index (χ3n) is 4.18. The number of pyridine rings is 1. The van der Waals surface area contributed by atoms with E-state index in [2.05, 4.69) is 15.5 Å². The SMILES string of the molecule is CCN(c1cncc(C(=O)Nc2cc(C)on2)c1)C1CCS(=O)(=O)C1. The molecular weight excluding hydrogens is 344 g/mol. The van der Waals surface area contributed by atoms with Gasteiger partial charge in [-0.15, -0.1) is 0 Å². The van der Waals surface area contributed by atoms with E-state index in [0.717, 1.165) is 5.69 Å². The molecule has 1 amide bonds. The van der Waals surface area contributed by atoms with Crippen LogP contribution in [-0.4, -0.2) is 48.6 Å². The Bertz CT molecular complexity index is 878. The molecule has 1 N–H and O–H groups in total. The Labute approximate surface area is 146 Å². The number of amides is 1. The minimum atomic E-state index is -2.98. The Kier molecular flexibility index (Phi) is 4.76. The van der Waals surface area contributed by atoms with Gasteiger partial charge in [0.25, 0.3) is 5.91 Å². The Morgan fingerprint density at radius 3 is 2.80 bits per heavy atom. The largest absolute Gasteiger partial charge is 0.367 e. The van der Waals surface area contributed by atoms with E-state index in [-0.39, 0.29) is 23.5 Å². The van der Waals surface area contributed by atoms with Crippen molar-refractivity contribution in [3.63, 3.8) is 0 Å². The molecule has 1 aliphatic rings. The lowest BCUT2D eigenvalue weighted by Gasteiger charge is -2.29. The van der Waals surface area contributed by atoms with Gasteiger partial charge in [-0.2, -0.15) is 0 Å². The molecule has 3 rings (SSSR count). The zero-order valence-corrected chi connectivity index (χ0v) is 14.9. The molecule has 0 aromatic carbocycles. The van der Waals surface area contributed by atoms with Crippen molar-refractivity contribution in [2.45, 2.75) is 26.3 Å². The van der Waals surface area contributed by atoms with Crippen molar-refractivity contribution in [2.24, 2.45) is 0 Å². The molecule has 2 aromatic heterocycles. The number of anilines is 2. The molecule has 8 nitrogen and oxygen atoms in total. The molecular formula is C16H20N4O4S. The number of carbonyl (C=O) groups is 1. The Morgan fingerprint density at radius 1 is 1.40 bits per heavy atom. The molecule has 0 bridgehead atoms. The molecule has 0 aliphatic carbocycles. The van der Waals surface area contributed by atoms with Gasteiger partial charge in [0.1, 0.15) is 5.76 Å². The smallest absolute Gasteiger partial charge is 0.258 e. The van der Waals surface area contributed by atoms with Gasteiger partial charge < -0.3 is 14.7 Å². The summed E-state index contributed by atoms with van der Waals surface area (Å²) in [5.74, 6) is 0.921. The van der Waals surface area contributed by atoms with Crippen molar-refractivity contribution in [3.8, 4) is 0 Å². The highest BCUT2D eigenvalue weighted by atomic mass is 32.2. The lowest BCUT2D eigenvalue weighted by Crippen LogP contribution is -2.36. The predicted octanol–water partition coefficient (Wildman–Crippen LogP) is 1.64. The second-order valence-corrected chi connectivity index (χ2v) is 8.28. The van der Waals surface area contributed by atoms with Crippen LogP contribution in [0.5, 0.6) is 0 Å². The van der Waals surface area contributed by atoms with Crippen LogP contribution in [0.15, 0.2) is 29.0 Å². The van der Waals surface area contributed by atoms with Crippen LogP contribution < -0.4 is 10.2 Å². The van der Waals surface area contributed by atoms with Crippen molar-refractivity contribution in [1.29, 1.82) is 0 Å². The second-order valence-electron chi connectivity index (χ2n) is 6.05. The monoisotopic (exact) mass is 364 g/mol. The van der Waals surface area contributed by atoms with Crippen LogP contribution in [0.1, 0.15) is 29.5 Å². The first-order valence-electron chi connectivity index (χ1n) is 8.05. The molecule has 0 saturated carbocycles. The normalized spacial score (nSPS) is 18.9. The summed E-state index contributed by atoms with van der Waals surface area (Å²) >= 11 is 0. The van der Waals surface area contributed by atoms with Gasteiger partial charge in [-0.25, -0.2) is 8.42 Å². The third kappa shape index (κ3) is 3.98. The molecule has 0 radical (unpaired) electrons. The molecule has 134 valence electrons. The quantitative estimate of drug-likeness (QED) is 0.860. The average Bonchev–Trinajstić information content (AvgIpc) is 3.14. The number of rotatable bonds is 5. The van der Waals surface area contributed by atoms with Crippen LogP contribution in [0.2, 0.25) is 0 Å². The lowest BCUT2D eigenvalue weighted by molar-refractivity contribution is 0.102. The highest BCUT2D eigenvalue weighted by Gasteiger charge is 2.32. The van der Waals surface area contributed by atoms with Gasteiger partial charge in [0, 0.05) is 24.8 Å². The standard InChI is InChI=1S/C16H20N4O4S/c1-3-20(13-4-5-25(22,23)10-13)14-7-12(8-17-9-14)16(21)18-15-6-11(2)24-19-15/h6-9,13H,3-5,10H2,1-2H3,(H,18,19,21). The molecule has 25 heavy (non-hydrogen) atoms. The summed E-state index contributed by atoms with van der Waals surface area (Å²) in [7, 11) is -2.98.